The van der Waals surface area contributed by atoms with Crippen LogP contribution in [0.5, 0.6) is 0 Å². The molecule has 4 atom stereocenters. The van der Waals surface area contributed by atoms with E-state index in [2.05, 4.69) is 18.7 Å². The first-order chi connectivity index (χ1) is 9.08. The third-order valence-electron chi connectivity index (χ3n) is 6.22. The molecule has 19 heavy (non-hydrogen) atoms. The zero-order chi connectivity index (χ0) is 13.5. The monoisotopic (exact) mass is 265 g/mol. The lowest BCUT2D eigenvalue weighted by molar-refractivity contribution is -0.0519. The summed E-state index contributed by atoms with van der Waals surface area (Å²) in [5, 5.41) is 10.6. The molecule has 1 heterocycles. The van der Waals surface area contributed by atoms with Gasteiger partial charge in [0, 0.05) is 12.6 Å². The highest BCUT2D eigenvalue weighted by atomic mass is 16.3. The van der Waals surface area contributed by atoms with E-state index in [9.17, 15) is 5.11 Å². The van der Waals surface area contributed by atoms with Crippen molar-refractivity contribution in [3.63, 3.8) is 0 Å². The van der Waals surface area contributed by atoms with E-state index >= 15 is 0 Å². The molecule has 1 aliphatic heterocycles. The summed E-state index contributed by atoms with van der Waals surface area (Å²) in [7, 11) is 0. The second kappa shape index (κ2) is 5.37. The lowest BCUT2D eigenvalue weighted by atomic mass is 9.69. The van der Waals surface area contributed by atoms with Gasteiger partial charge in [-0.1, -0.05) is 26.7 Å². The maximum atomic E-state index is 10.6. The van der Waals surface area contributed by atoms with Gasteiger partial charge in [-0.25, -0.2) is 0 Å². The summed E-state index contributed by atoms with van der Waals surface area (Å²) in [4.78, 5) is 2.75. The highest BCUT2D eigenvalue weighted by Crippen LogP contribution is 2.42. The normalized spacial score (nSPS) is 43.1. The average molecular weight is 265 g/mol. The van der Waals surface area contributed by atoms with Crippen LogP contribution >= 0.6 is 0 Å². The number of rotatable bonds is 2. The predicted molar refractivity (Wildman–Crippen MR) is 79.1 cm³/mol. The molecule has 2 heteroatoms. The Morgan fingerprint density at radius 3 is 2.68 bits per heavy atom. The average Bonchev–Trinajstić information content (AvgIpc) is 2.84. The minimum Gasteiger partial charge on any atom is -0.392 e. The standard InChI is InChI=1S/C17H31NO/c1-17(2)10-4-7-14(16(17)19)12-18-11-5-8-13-6-3-9-15(13)18/h13-16,19H,3-12H2,1-2H3. The Labute approximate surface area is 118 Å². The largest absolute Gasteiger partial charge is 0.392 e. The molecule has 110 valence electrons. The number of piperidine rings is 1. The van der Waals surface area contributed by atoms with Crippen molar-refractivity contribution in [2.45, 2.75) is 77.4 Å². The molecule has 2 saturated carbocycles. The van der Waals surface area contributed by atoms with E-state index < -0.39 is 0 Å². The molecule has 0 aromatic heterocycles. The fourth-order valence-corrected chi connectivity index (χ4v) is 5.04. The van der Waals surface area contributed by atoms with E-state index in [1.54, 1.807) is 0 Å². The minimum atomic E-state index is -0.0944. The highest BCUT2D eigenvalue weighted by Gasteiger charge is 2.41. The van der Waals surface area contributed by atoms with Crippen LogP contribution < -0.4 is 0 Å². The third-order valence-corrected chi connectivity index (χ3v) is 6.22. The van der Waals surface area contributed by atoms with Crippen molar-refractivity contribution in [2.24, 2.45) is 17.3 Å². The first kappa shape index (κ1) is 13.9. The van der Waals surface area contributed by atoms with Gasteiger partial charge >= 0.3 is 0 Å². The van der Waals surface area contributed by atoms with Crippen molar-refractivity contribution in [3.8, 4) is 0 Å². The Morgan fingerprint density at radius 2 is 1.84 bits per heavy atom. The van der Waals surface area contributed by atoms with Crippen molar-refractivity contribution in [1.82, 2.24) is 4.90 Å². The SMILES string of the molecule is CC1(C)CCCC(CN2CCCC3CCCC32)C1O. The number of likely N-dealkylation sites (tertiary alicyclic amines) is 1. The first-order valence-corrected chi connectivity index (χ1v) is 8.50. The number of nitrogens with zero attached hydrogens (tertiary/aromatic N) is 1. The molecule has 2 nitrogen and oxygen atoms in total. The van der Waals surface area contributed by atoms with Crippen LogP contribution in [0, 0.1) is 17.3 Å². The van der Waals surface area contributed by atoms with E-state index in [1.165, 1.54) is 57.9 Å². The molecule has 1 saturated heterocycles. The van der Waals surface area contributed by atoms with E-state index in [0.717, 1.165) is 18.5 Å². The Balaban J connectivity index is 1.64. The quantitative estimate of drug-likeness (QED) is 0.827. The number of aliphatic hydroxyl groups is 1. The van der Waals surface area contributed by atoms with Crippen molar-refractivity contribution < 1.29 is 5.11 Å². The first-order valence-electron chi connectivity index (χ1n) is 8.50. The highest BCUT2D eigenvalue weighted by molar-refractivity contribution is 4.94. The molecule has 3 fully saturated rings. The molecule has 3 rings (SSSR count). The molecule has 2 aliphatic carbocycles. The van der Waals surface area contributed by atoms with Crippen LogP contribution in [0.15, 0.2) is 0 Å². The molecule has 0 aromatic rings. The van der Waals surface area contributed by atoms with Crippen LogP contribution in [0.2, 0.25) is 0 Å². The lowest BCUT2D eigenvalue weighted by Crippen LogP contribution is -2.50. The van der Waals surface area contributed by atoms with Crippen LogP contribution in [0.3, 0.4) is 0 Å². The van der Waals surface area contributed by atoms with Crippen LogP contribution in [0.25, 0.3) is 0 Å². The van der Waals surface area contributed by atoms with Crippen LogP contribution in [-0.2, 0) is 0 Å². The maximum Gasteiger partial charge on any atom is 0.0631 e. The van der Waals surface area contributed by atoms with E-state index in [0.29, 0.717) is 5.92 Å². The molecular formula is C17H31NO. The number of hydrogen-bond acceptors (Lipinski definition) is 2. The number of fused-ring (bicyclic) bond motifs is 1. The fourth-order valence-electron chi connectivity index (χ4n) is 5.04. The topological polar surface area (TPSA) is 23.5 Å². The van der Waals surface area contributed by atoms with Gasteiger partial charge in [-0.3, -0.25) is 4.90 Å². The van der Waals surface area contributed by atoms with Gasteiger partial charge in [0.15, 0.2) is 0 Å². The van der Waals surface area contributed by atoms with Gasteiger partial charge in [0.25, 0.3) is 0 Å². The molecular weight excluding hydrogens is 234 g/mol. The van der Waals surface area contributed by atoms with Gasteiger partial charge in [0.2, 0.25) is 0 Å². The third kappa shape index (κ3) is 2.71. The zero-order valence-corrected chi connectivity index (χ0v) is 12.8. The van der Waals surface area contributed by atoms with Crippen molar-refractivity contribution >= 4 is 0 Å². The van der Waals surface area contributed by atoms with Gasteiger partial charge in [0.1, 0.15) is 0 Å². The summed E-state index contributed by atoms with van der Waals surface area (Å²) >= 11 is 0. The number of aliphatic hydroxyl groups excluding tert-OH is 1. The molecule has 0 amide bonds. The van der Waals surface area contributed by atoms with E-state index in [-0.39, 0.29) is 11.5 Å². The smallest absolute Gasteiger partial charge is 0.0631 e. The minimum absolute atomic E-state index is 0.0944. The number of hydrogen-bond donors (Lipinski definition) is 1. The maximum absolute atomic E-state index is 10.6. The Kier molecular flexibility index (Phi) is 3.92. The molecule has 3 aliphatic rings. The summed E-state index contributed by atoms with van der Waals surface area (Å²) in [5.74, 6) is 1.49. The Morgan fingerprint density at radius 1 is 1.05 bits per heavy atom. The lowest BCUT2D eigenvalue weighted by Gasteiger charge is -2.45. The van der Waals surface area contributed by atoms with E-state index in [1.807, 2.05) is 0 Å². The molecule has 4 unspecified atom stereocenters. The summed E-state index contributed by atoms with van der Waals surface area (Å²) in [6.45, 7) is 6.94. The molecule has 1 N–H and O–H groups in total. The van der Waals surface area contributed by atoms with Crippen molar-refractivity contribution in [1.29, 1.82) is 0 Å². The zero-order valence-electron chi connectivity index (χ0n) is 12.8. The van der Waals surface area contributed by atoms with Crippen LogP contribution in [-0.4, -0.2) is 35.2 Å². The molecule has 0 bridgehead atoms. The second-order valence-electron chi connectivity index (χ2n) is 7.98. The Bertz CT molecular complexity index is 308. The van der Waals surface area contributed by atoms with Gasteiger partial charge in [-0.2, -0.15) is 0 Å². The fraction of sp³-hybridized carbons (Fsp3) is 1.00. The van der Waals surface area contributed by atoms with E-state index in [4.69, 9.17) is 0 Å². The predicted octanol–water partition coefficient (Wildman–Crippen LogP) is 3.44. The van der Waals surface area contributed by atoms with Crippen LogP contribution in [0.1, 0.15) is 65.2 Å². The molecule has 0 radical (unpaired) electrons. The summed E-state index contributed by atoms with van der Waals surface area (Å²) in [6, 6.07) is 0.853. The van der Waals surface area contributed by atoms with Crippen molar-refractivity contribution in [3.05, 3.63) is 0 Å². The van der Waals surface area contributed by atoms with Gasteiger partial charge < -0.3 is 5.11 Å². The van der Waals surface area contributed by atoms with Crippen molar-refractivity contribution in [2.75, 3.05) is 13.1 Å². The summed E-state index contributed by atoms with van der Waals surface area (Å²) in [5.41, 5.74) is 0.133. The van der Waals surface area contributed by atoms with Crippen LogP contribution in [0.4, 0.5) is 0 Å². The van der Waals surface area contributed by atoms with Gasteiger partial charge in [-0.15, -0.1) is 0 Å². The summed E-state index contributed by atoms with van der Waals surface area (Å²) < 4.78 is 0. The van der Waals surface area contributed by atoms with Gasteiger partial charge in [-0.05, 0) is 62.3 Å². The molecule has 0 aromatic carbocycles. The van der Waals surface area contributed by atoms with Gasteiger partial charge in [0.05, 0.1) is 6.10 Å². The Hall–Kier alpha value is -0.0800. The second-order valence-corrected chi connectivity index (χ2v) is 7.98. The molecule has 0 spiro atoms. The summed E-state index contributed by atoms with van der Waals surface area (Å²) in [6.07, 6.45) is 10.8.